The van der Waals surface area contributed by atoms with Gasteiger partial charge in [-0.05, 0) is 119 Å². The average molecular weight is 1180 g/mol. The van der Waals surface area contributed by atoms with Crippen molar-refractivity contribution in [1.29, 1.82) is 0 Å². The molecule has 3 heterocycles. The largest absolute Gasteiger partial charge is 0.510 e. The predicted octanol–water partition coefficient (Wildman–Crippen LogP) is 17.8. The first-order valence-corrected chi connectivity index (χ1v) is 25.5. The Morgan fingerprint density at radius 1 is 0.513 bits per heavy atom. The van der Waals surface area contributed by atoms with Crippen LogP contribution in [0.2, 0.25) is 0 Å². The van der Waals surface area contributed by atoms with Gasteiger partial charge < -0.3 is 13.9 Å². The van der Waals surface area contributed by atoms with E-state index in [1.165, 1.54) is 0 Å². The summed E-state index contributed by atoms with van der Waals surface area (Å²) < 4.78 is 101. The van der Waals surface area contributed by atoms with Gasteiger partial charge in [0, 0.05) is 44.3 Å². The van der Waals surface area contributed by atoms with Crippen LogP contribution in [0.5, 0.6) is 11.5 Å². The zero-order valence-corrected chi connectivity index (χ0v) is 47.3. The second kappa shape index (κ2) is 19.7. The molecule has 5 nitrogen and oxygen atoms in total. The summed E-state index contributed by atoms with van der Waals surface area (Å²) in [5.41, 5.74) is 9.22. The Hall–Kier alpha value is -7.33. The maximum Gasteiger partial charge on any atom is 0.268 e. The van der Waals surface area contributed by atoms with Gasteiger partial charge >= 0.3 is 0 Å². The van der Waals surface area contributed by atoms with E-state index in [1.54, 1.807) is 12.1 Å². The molecule has 3 aromatic heterocycles. The van der Waals surface area contributed by atoms with E-state index in [9.17, 15) is 2.74 Å². The second-order valence-corrected chi connectivity index (χ2v) is 23.5. The number of ether oxygens (including phenoxy) is 1. The van der Waals surface area contributed by atoms with E-state index in [4.69, 9.17) is 20.7 Å². The topological polar surface area (TPSA) is 35.9 Å². The van der Waals surface area contributed by atoms with Gasteiger partial charge in [0.2, 0.25) is 0 Å². The first-order chi connectivity index (χ1) is 39.8. The van der Waals surface area contributed by atoms with E-state index in [0.29, 0.717) is 50.6 Å². The van der Waals surface area contributed by atoms with Crippen LogP contribution in [0.4, 0.5) is 0 Å². The summed E-state index contributed by atoms with van der Waals surface area (Å²) in [7, 11) is 0. The third-order valence-electron chi connectivity index (χ3n) is 14.0. The first-order valence-electron chi connectivity index (χ1n) is 30.5. The van der Waals surface area contributed by atoms with Crippen molar-refractivity contribution >= 4 is 32.8 Å². The zero-order valence-electron chi connectivity index (χ0n) is 55.1. The number of fused-ring (bicyclic) bond motifs is 4. The fourth-order valence-corrected chi connectivity index (χ4v) is 9.78. The summed E-state index contributed by atoms with van der Waals surface area (Å²) in [5, 5.41) is 2.02. The normalized spacial score (nSPS) is 14.2. The number of para-hydroxylation sites is 1. The summed E-state index contributed by atoms with van der Waals surface area (Å²) >= 11 is 0. The predicted molar refractivity (Wildman–Crippen MR) is 311 cm³/mol. The van der Waals surface area contributed by atoms with Crippen molar-refractivity contribution in [3.05, 3.63) is 223 Å². The molecule has 0 radical (unpaired) electrons. The first kappa shape index (κ1) is 40.9. The van der Waals surface area contributed by atoms with Crippen molar-refractivity contribution in [2.24, 2.45) is 0 Å². The molecule has 0 fully saturated rings. The fraction of sp³-hybridized carbons (Fsp3) is 0.229. The van der Waals surface area contributed by atoms with Gasteiger partial charge in [-0.25, -0.2) is 4.98 Å². The number of rotatable bonds is 8. The SMILES string of the molecule is [2H]c1c([2H])c([2H])c(-c2cc(-c3cc(C(C)(C)C)cc(C(C)(C)C)c3)c(-[n+]3[c-]n(-c4[c-]c(Oc5[c-]c6c(cc5)c5ccccc5n6-c5cc(C(C)(C)C)ccn5)ccc4)c4cc(-c5c([2H])c([2H])c([2H])c([2H])c5[2H])ccc43)c(C(C)(C)C)c2)c([2H])c1[2H].[Pt]. The van der Waals surface area contributed by atoms with E-state index in [2.05, 4.69) is 143 Å². The number of aromatic nitrogens is 4. The van der Waals surface area contributed by atoms with Crippen LogP contribution in [0.1, 0.15) is 119 Å². The molecule has 0 amide bonds. The quantitative estimate of drug-likeness (QED) is 0.112. The van der Waals surface area contributed by atoms with Crippen LogP contribution >= 0.6 is 0 Å². The monoisotopic (exact) mass is 1180 g/mol. The van der Waals surface area contributed by atoms with Crippen molar-refractivity contribution < 1.29 is 44.1 Å². The van der Waals surface area contributed by atoms with Crippen molar-refractivity contribution in [2.75, 3.05) is 0 Å². The molecule has 0 unspecified atom stereocenters. The summed E-state index contributed by atoms with van der Waals surface area (Å²) in [5.74, 6) is 1.55. The molecule has 76 heavy (non-hydrogen) atoms. The molecule has 0 N–H and O–H groups in total. The number of imidazole rings is 1. The van der Waals surface area contributed by atoms with Crippen LogP contribution in [-0.4, -0.2) is 14.1 Å². The number of benzene rings is 8. The van der Waals surface area contributed by atoms with Crippen LogP contribution in [-0.2, 0) is 42.7 Å². The van der Waals surface area contributed by atoms with Gasteiger partial charge in [-0.1, -0.05) is 204 Å². The molecule has 0 atom stereocenters. The van der Waals surface area contributed by atoms with Crippen molar-refractivity contribution in [2.45, 2.75) is 105 Å². The van der Waals surface area contributed by atoms with Gasteiger partial charge in [0.15, 0.2) is 0 Å². The third kappa shape index (κ3) is 9.99. The minimum Gasteiger partial charge on any atom is -0.510 e. The van der Waals surface area contributed by atoms with Gasteiger partial charge in [-0.15, -0.1) is 29.7 Å². The van der Waals surface area contributed by atoms with E-state index in [1.807, 2.05) is 82.1 Å². The summed E-state index contributed by atoms with van der Waals surface area (Å²) in [6.45, 7) is 25.8. The van der Waals surface area contributed by atoms with Gasteiger partial charge in [0.05, 0.1) is 30.4 Å². The Balaban J connectivity index is 0.00000820. The average Bonchev–Trinajstić information content (AvgIpc) is 1.58. The number of pyridine rings is 1. The minimum atomic E-state index is -0.668. The molecule has 0 aliphatic rings. The molecule has 11 aromatic rings. The second-order valence-electron chi connectivity index (χ2n) is 23.5. The molecule has 0 saturated heterocycles. The Kier molecular flexibility index (Phi) is 10.6. The molecule has 11 rings (SSSR count). The van der Waals surface area contributed by atoms with E-state index < -0.39 is 41.7 Å². The van der Waals surface area contributed by atoms with Crippen molar-refractivity contribution in [3.8, 4) is 62.1 Å². The number of nitrogens with zero attached hydrogens (tertiary/aromatic N) is 4. The van der Waals surface area contributed by atoms with E-state index in [-0.39, 0.29) is 72.6 Å². The Morgan fingerprint density at radius 2 is 1.16 bits per heavy atom. The Bertz CT molecular complexity index is 4480. The summed E-state index contributed by atoms with van der Waals surface area (Å²) in [6.07, 6.45) is 5.57. The molecule has 384 valence electrons. The molecule has 6 heteroatoms. The third-order valence-corrected chi connectivity index (χ3v) is 14.0. The Labute approximate surface area is 478 Å². The van der Waals surface area contributed by atoms with E-state index >= 15 is 0 Å². The maximum atomic E-state index is 9.24. The van der Waals surface area contributed by atoms with Crippen LogP contribution in [0.3, 0.4) is 0 Å². The molecular weight excluding hydrogens is 1110 g/mol. The number of hydrogen-bond acceptors (Lipinski definition) is 2. The van der Waals surface area contributed by atoms with Crippen molar-refractivity contribution in [3.63, 3.8) is 0 Å². The standard InChI is InChI=1S/C70H66N4O.Pt/c1-67(2,3)51-34-35-71-65(42-51)74-61-29-20-19-28-57(61)58-32-31-56(44-63(58)74)75-55-27-21-26-54(43-55)72-45-73(62-33-30-48(40-64(62)72)46-22-15-13-16-23-46)66-59(50-36-52(68(4,5)6)41-53(37-50)69(7,8)9)38-49(39-60(66)70(10,11)12)47-24-17-14-18-25-47;/h13-42H,1-12H3;/q-2;/i13D,14D,15D,16D,17D,18D,22D,23D,24D,25D;. The maximum absolute atomic E-state index is 9.24. The van der Waals surface area contributed by atoms with Crippen LogP contribution in [0, 0.1) is 18.5 Å². The molecule has 0 spiro atoms. The zero-order chi connectivity index (χ0) is 61.3. The van der Waals surface area contributed by atoms with Gasteiger partial charge in [-0.3, -0.25) is 4.57 Å². The van der Waals surface area contributed by atoms with Gasteiger partial charge in [0.1, 0.15) is 5.82 Å². The minimum absolute atomic E-state index is 0. The number of hydrogen-bond donors (Lipinski definition) is 0. The molecule has 0 aliphatic carbocycles. The van der Waals surface area contributed by atoms with Crippen LogP contribution < -0.4 is 9.30 Å². The molecule has 0 aliphatic heterocycles. The van der Waals surface area contributed by atoms with Gasteiger partial charge in [0.25, 0.3) is 6.33 Å². The van der Waals surface area contributed by atoms with Gasteiger partial charge in [-0.2, -0.15) is 18.2 Å². The summed E-state index contributed by atoms with van der Waals surface area (Å²) in [6, 6.07) is 40.7. The van der Waals surface area contributed by atoms with Crippen molar-refractivity contribution in [1.82, 2.24) is 14.1 Å². The fourth-order valence-electron chi connectivity index (χ4n) is 9.78. The molecule has 0 saturated carbocycles. The van der Waals surface area contributed by atoms with Crippen LogP contribution in [0.15, 0.2) is 182 Å². The molecule has 0 bridgehead atoms. The molecule has 8 aromatic carbocycles. The molecular formula is C70H66N4OPt-2. The van der Waals surface area contributed by atoms with Crippen LogP contribution in [0.25, 0.3) is 83.4 Å². The smallest absolute Gasteiger partial charge is 0.268 e. The summed E-state index contributed by atoms with van der Waals surface area (Å²) in [4.78, 5) is 4.86. The van der Waals surface area contributed by atoms with E-state index in [0.717, 1.165) is 55.4 Å². The Morgan fingerprint density at radius 3 is 1.82 bits per heavy atom.